The molecule has 3 aromatic rings. The zero-order chi connectivity index (χ0) is 20.3. The Kier molecular flexibility index (Phi) is 6.11. The van der Waals surface area contributed by atoms with Gasteiger partial charge in [0.05, 0.1) is 25.6 Å². The molecule has 1 unspecified atom stereocenters. The first-order valence-electron chi connectivity index (χ1n) is 8.83. The van der Waals surface area contributed by atoms with Gasteiger partial charge in [0.15, 0.2) is 0 Å². The number of nitrogens with one attached hydrogen (secondary N) is 1. The summed E-state index contributed by atoms with van der Waals surface area (Å²) in [7, 11) is 7.12. The van der Waals surface area contributed by atoms with Gasteiger partial charge in [-0.05, 0) is 44.3 Å². The van der Waals surface area contributed by atoms with E-state index in [1.807, 2.05) is 33.2 Å². The molecule has 3 rings (SSSR count). The van der Waals surface area contributed by atoms with Crippen LogP contribution in [0.4, 0.5) is 5.82 Å². The molecule has 2 aromatic heterocycles. The van der Waals surface area contributed by atoms with E-state index in [4.69, 9.17) is 9.47 Å². The van der Waals surface area contributed by atoms with E-state index in [1.54, 1.807) is 7.11 Å². The van der Waals surface area contributed by atoms with E-state index in [1.165, 1.54) is 30.3 Å². The maximum absolute atomic E-state index is 12.0. The minimum atomic E-state index is -0.351. The third-order valence-electron chi connectivity index (χ3n) is 4.68. The Morgan fingerprint density at radius 3 is 2.54 bits per heavy atom. The van der Waals surface area contributed by atoms with Crippen molar-refractivity contribution in [3.63, 3.8) is 0 Å². The van der Waals surface area contributed by atoms with Crippen LogP contribution in [0.3, 0.4) is 0 Å². The van der Waals surface area contributed by atoms with Gasteiger partial charge in [-0.25, -0.2) is 14.8 Å². The van der Waals surface area contributed by atoms with Gasteiger partial charge in [0.2, 0.25) is 0 Å². The van der Waals surface area contributed by atoms with E-state index in [-0.39, 0.29) is 12.0 Å². The van der Waals surface area contributed by atoms with E-state index in [0.29, 0.717) is 17.2 Å². The molecule has 0 fully saturated rings. The molecule has 0 aliphatic rings. The summed E-state index contributed by atoms with van der Waals surface area (Å²) in [5.41, 5.74) is 2.00. The molecule has 0 spiro atoms. The number of carbonyl (C=O) groups excluding carboxylic acids is 1. The highest BCUT2D eigenvalue weighted by Crippen LogP contribution is 2.34. The number of benzene rings is 1. The Morgan fingerprint density at radius 2 is 1.93 bits per heavy atom. The van der Waals surface area contributed by atoms with Crippen molar-refractivity contribution in [1.82, 2.24) is 14.9 Å². The zero-order valence-electron chi connectivity index (χ0n) is 16.6. The fourth-order valence-corrected chi connectivity index (χ4v) is 4.18. The minimum Gasteiger partial charge on any atom is -0.497 e. The molecule has 1 aromatic carbocycles. The lowest BCUT2D eigenvalue weighted by Crippen LogP contribution is -2.27. The van der Waals surface area contributed by atoms with Gasteiger partial charge in [0.1, 0.15) is 27.6 Å². The molecule has 0 aliphatic heterocycles. The number of thiophene rings is 1. The van der Waals surface area contributed by atoms with Crippen molar-refractivity contribution in [3.05, 3.63) is 46.6 Å². The van der Waals surface area contributed by atoms with Crippen LogP contribution in [-0.2, 0) is 4.74 Å². The first kappa shape index (κ1) is 20.0. The van der Waals surface area contributed by atoms with E-state index >= 15 is 0 Å². The van der Waals surface area contributed by atoms with Crippen molar-refractivity contribution in [1.29, 1.82) is 0 Å². The molecule has 7 nitrogen and oxygen atoms in total. The molecule has 0 radical (unpaired) electrons. The van der Waals surface area contributed by atoms with Gasteiger partial charge in [-0.1, -0.05) is 12.1 Å². The standard InChI is InChI=1S/C20H24N4O3S/c1-12-16-18(22-11-23-19(16)28-17(12)20(25)27-5)21-10-15(24(2)3)13-6-8-14(26-4)9-7-13/h6-9,11,15H,10H2,1-5H3,(H,21,22,23). The summed E-state index contributed by atoms with van der Waals surface area (Å²) in [6.07, 6.45) is 1.51. The summed E-state index contributed by atoms with van der Waals surface area (Å²) < 4.78 is 10.1. The highest BCUT2D eigenvalue weighted by Gasteiger charge is 2.21. The van der Waals surface area contributed by atoms with Crippen LogP contribution in [0.2, 0.25) is 0 Å². The number of hydrogen-bond acceptors (Lipinski definition) is 8. The maximum atomic E-state index is 12.0. The largest absolute Gasteiger partial charge is 0.497 e. The number of methoxy groups -OCH3 is 2. The van der Waals surface area contributed by atoms with Crippen molar-refractivity contribution in [2.45, 2.75) is 13.0 Å². The number of aromatic nitrogens is 2. The predicted octanol–water partition coefficient (Wildman–Crippen LogP) is 3.51. The number of carbonyl (C=O) groups is 1. The first-order chi connectivity index (χ1) is 13.5. The van der Waals surface area contributed by atoms with Crippen LogP contribution in [0.15, 0.2) is 30.6 Å². The number of hydrogen-bond donors (Lipinski definition) is 1. The third kappa shape index (κ3) is 3.93. The number of rotatable bonds is 7. The molecule has 28 heavy (non-hydrogen) atoms. The number of nitrogens with zero attached hydrogens (tertiary/aromatic N) is 3. The molecular formula is C20H24N4O3S. The zero-order valence-corrected chi connectivity index (χ0v) is 17.5. The average molecular weight is 401 g/mol. The topological polar surface area (TPSA) is 76.6 Å². The summed E-state index contributed by atoms with van der Waals surface area (Å²) in [5.74, 6) is 1.20. The first-order valence-corrected chi connectivity index (χ1v) is 9.64. The highest BCUT2D eigenvalue weighted by molar-refractivity contribution is 7.20. The van der Waals surface area contributed by atoms with E-state index < -0.39 is 0 Å². The van der Waals surface area contributed by atoms with Gasteiger partial charge in [0, 0.05) is 6.54 Å². The van der Waals surface area contributed by atoms with Crippen molar-refractivity contribution in [3.8, 4) is 5.75 Å². The molecule has 8 heteroatoms. The normalized spacial score (nSPS) is 12.2. The van der Waals surface area contributed by atoms with Crippen LogP contribution in [0.5, 0.6) is 5.75 Å². The summed E-state index contributed by atoms with van der Waals surface area (Å²) >= 11 is 1.32. The van der Waals surface area contributed by atoms with E-state index in [0.717, 1.165) is 21.5 Å². The summed E-state index contributed by atoms with van der Waals surface area (Å²) in [6.45, 7) is 2.54. The molecule has 0 saturated heterocycles. The van der Waals surface area contributed by atoms with E-state index in [2.05, 4.69) is 32.3 Å². The van der Waals surface area contributed by atoms with Crippen LogP contribution < -0.4 is 10.1 Å². The molecule has 2 heterocycles. The molecule has 148 valence electrons. The van der Waals surface area contributed by atoms with Gasteiger partial charge in [-0.15, -0.1) is 11.3 Å². The van der Waals surface area contributed by atoms with Crippen LogP contribution in [0, 0.1) is 6.92 Å². The molecule has 0 bridgehead atoms. The Hall–Kier alpha value is -2.71. The number of fused-ring (bicyclic) bond motifs is 1. The second kappa shape index (κ2) is 8.53. The predicted molar refractivity (Wildman–Crippen MR) is 111 cm³/mol. The fourth-order valence-electron chi connectivity index (χ4n) is 3.11. The monoisotopic (exact) mass is 400 g/mol. The Balaban J connectivity index is 1.88. The van der Waals surface area contributed by atoms with Crippen LogP contribution in [0.25, 0.3) is 10.2 Å². The van der Waals surface area contributed by atoms with Crippen molar-refractivity contribution in [2.24, 2.45) is 0 Å². The molecule has 1 N–H and O–H groups in total. The average Bonchev–Trinajstić information content (AvgIpc) is 3.05. The highest BCUT2D eigenvalue weighted by atomic mass is 32.1. The lowest BCUT2D eigenvalue weighted by molar-refractivity contribution is 0.0605. The number of esters is 1. The van der Waals surface area contributed by atoms with Crippen LogP contribution in [-0.4, -0.2) is 55.7 Å². The SMILES string of the molecule is COC(=O)c1sc2ncnc(NCC(c3ccc(OC)cc3)N(C)C)c2c1C. The second-order valence-electron chi connectivity index (χ2n) is 6.58. The van der Waals surface area contributed by atoms with Gasteiger partial charge in [-0.3, -0.25) is 0 Å². The Bertz CT molecular complexity index is 969. The number of aryl methyl sites for hydroxylation is 1. The Labute approximate surface area is 168 Å². The lowest BCUT2D eigenvalue weighted by atomic mass is 10.1. The number of likely N-dealkylation sites (N-methyl/N-ethyl adjacent to an activating group) is 1. The van der Waals surface area contributed by atoms with Gasteiger partial charge >= 0.3 is 5.97 Å². The number of ether oxygens (including phenoxy) is 2. The molecule has 0 saturated carbocycles. The lowest BCUT2D eigenvalue weighted by Gasteiger charge is -2.25. The summed E-state index contributed by atoms with van der Waals surface area (Å²) in [4.78, 5) is 24.2. The van der Waals surface area contributed by atoms with Crippen molar-refractivity contribution >= 4 is 33.3 Å². The van der Waals surface area contributed by atoms with Crippen LogP contribution in [0.1, 0.15) is 26.8 Å². The van der Waals surface area contributed by atoms with Gasteiger partial charge in [0.25, 0.3) is 0 Å². The quantitative estimate of drug-likeness (QED) is 0.608. The van der Waals surface area contributed by atoms with Crippen molar-refractivity contribution < 1.29 is 14.3 Å². The van der Waals surface area contributed by atoms with Gasteiger partial charge in [-0.2, -0.15) is 0 Å². The maximum Gasteiger partial charge on any atom is 0.348 e. The minimum absolute atomic E-state index is 0.134. The van der Waals surface area contributed by atoms with Crippen molar-refractivity contribution in [2.75, 3.05) is 40.2 Å². The van der Waals surface area contributed by atoms with Gasteiger partial charge < -0.3 is 19.7 Å². The third-order valence-corrected chi connectivity index (χ3v) is 5.86. The summed E-state index contributed by atoms with van der Waals surface area (Å²) in [5, 5.41) is 4.30. The summed E-state index contributed by atoms with van der Waals surface area (Å²) in [6, 6.07) is 8.17. The molecule has 1 atom stereocenters. The molecular weight excluding hydrogens is 376 g/mol. The number of anilines is 1. The fraction of sp³-hybridized carbons (Fsp3) is 0.350. The Morgan fingerprint density at radius 1 is 1.21 bits per heavy atom. The smallest absolute Gasteiger partial charge is 0.348 e. The van der Waals surface area contributed by atoms with E-state index in [9.17, 15) is 4.79 Å². The molecule has 0 amide bonds. The molecule has 0 aliphatic carbocycles. The second-order valence-corrected chi connectivity index (χ2v) is 7.58. The van der Waals surface area contributed by atoms with Crippen LogP contribution >= 0.6 is 11.3 Å².